The number of hydrogen-bond donors (Lipinski definition) is 2. The van der Waals surface area contributed by atoms with Crippen molar-refractivity contribution in [1.82, 2.24) is 10.2 Å². The normalized spacial score (nSPS) is 14.7. The number of nitrogens with one attached hydrogen (secondary N) is 2. The maximum atomic E-state index is 12.0. The molecular weight excluding hydrogens is 378 g/mol. The predicted molar refractivity (Wildman–Crippen MR) is 101 cm³/mol. The van der Waals surface area contributed by atoms with Gasteiger partial charge in [-0.25, -0.2) is 8.42 Å². The summed E-state index contributed by atoms with van der Waals surface area (Å²) in [4.78, 5) is 25.6. The number of anilines is 1. The first-order valence-corrected chi connectivity index (χ1v) is 11.1. The zero-order valence-electron chi connectivity index (χ0n) is 14.6. The number of hydrogen-bond acceptors (Lipinski definition) is 6. The van der Waals surface area contributed by atoms with Gasteiger partial charge >= 0.3 is 0 Å². The van der Waals surface area contributed by atoms with Crippen LogP contribution in [0.25, 0.3) is 0 Å². The minimum Gasteiger partial charge on any atom is -0.378 e. The van der Waals surface area contributed by atoms with Crippen molar-refractivity contribution in [2.24, 2.45) is 0 Å². The third kappa shape index (κ3) is 7.63. The third-order valence-electron chi connectivity index (χ3n) is 3.54. The van der Waals surface area contributed by atoms with Crippen molar-refractivity contribution in [2.75, 3.05) is 48.8 Å². The molecule has 144 valence electrons. The molecule has 1 saturated heterocycles. The maximum Gasteiger partial charge on any atom is 0.232 e. The lowest BCUT2D eigenvalue weighted by molar-refractivity contribution is -0.132. The molecule has 0 saturated carbocycles. The van der Waals surface area contributed by atoms with Crippen LogP contribution in [0.5, 0.6) is 0 Å². The Balaban J connectivity index is 1.70. The topological polar surface area (TPSA) is 105 Å². The Hall–Kier alpha value is -1.78. The molecule has 8 nitrogen and oxygen atoms in total. The summed E-state index contributed by atoms with van der Waals surface area (Å²) in [5.74, 6) is 0.301. The van der Waals surface area contributed by atoms with Gasteiger partial charge in [0.1, 0.15) is 0 Å². The second kappa shape index (κ2) is 9.79. The van der Waals surface area contributed by atoms with Crippen LogP contribution in [-0.4, -0.2) is 69.2 Å². The summed E-state index contributed by atoms with van der Waals surface area (Å²) in [6.07, 6.45) is 1.08. The van der Waals surface area contributed by atoms with Crippen molar-refractivity contribution in [1.29, 1.82) is 0 Å². The third-order valence-corrected chi connectivity index (χ3v) is 5.07. The van der Waals surface area contributed by atoms with Crippen LogP contribution < -0.4 is 10.0 Å². The fourth-order valence-corrected chi connectivity index (χ4v) is 3.65. The molecule has 0 aliphatic carbocycles. The monoisotopic (exact) mass is 401 g/mol. The van der Waals surface area contributed by atoms with E-state index in [2.05, 4.69) is 10.0 Å². The average molecular weight is 402 g/mol. The lowest BCUT2D eigenvalue weighted by Gasteiger charge is -2.26. The first-order valence-electron chi connectivity index (χ1n) is 8.10. The predicted octanol–water partition coefficient (Wildman–Crippen LogP) is 0.266. The Morgan fingerprint density at radius 1 is 1.23 bits per heavy atom. The Labute approximate surface area is 157 Å². The Kier molecular flexibility index (Phi) is 7.73. The summed E-state index contributed by atoms with van der Waals surface area (Å²) in [6.45, 7) is 2.61. The zero-order chi connectivity index (χ0) is 19.0. The van der Waals surface area contributed by atoms with Crippen LogP contribution in [0.2, 0.25) is 0 Å². The SMILES string of the molecule is CS(=O)(=O)Nc1cccc(CNC(=O)CSCC(=O)N2CCOCC2)c1. The Bertz CT molecular complexity index is 733. The van der Waals surface area contributed by atoms with Gasteiger partial charge in [0.25, 0.3) is 0 Å². The van der Waals surface area contributed by atoms with Crippen molar-refractivity contribution in [2.45, 2.75) is 6.54 Å². The maximum absolute atomic E-state index is 12.0. The second-order valence-electron chi connectivity index (χ2n) is 5.84. The summed E-state index contributed by atoms with van der Waals surface area (Å²) in [7, 11) is -3.34. The van der Waals surface area contributed by atoms with E-state index in [1.165, 1.54) is 11.8 Å². The summed E-state index contributed by atoms with van der Waals surface area (Å²) in [5.41, 5.74) is 1.23. The zero-order valence-corrected chi connectivity index (χ0v) is 16.2. The molecule has 10 heteroatoms. The van der Waals surface area contributed by atoms with Crippen molar-refractivity contribution < 1.29 is 22.7 Å². The van der Waals surface area contributed by atoms with Crippen LogP contribution in [0.15, 0.2) is 24.3 Å². The fraction of sp³-hybridized carbons (Fsp3) is 0.500. The van der Waals surface area contributed by atoms with Crippen LogP contribution in [0.4, 0.5) is 5.69 Å². The molecule has 0 atom stereocenters. The molecule has 1 aromatic rings. The lowest BCUT2D eigenvalue weighted by atomic mass is 10.2. The van der Waals surface area contributed by atoms with E-state index in [4.69, 9.17) is 4.74 Å². The van der Waals surface area contributed by atoms with Crippen LogP contribution in [-0.2, 0) is 30.9 Å². The number of benzene rings is 1. The van der Waals surface area contributed by atoms with Gasteiger partial charge in [0.15, 0.2) is 0 Å². The summed E-state index contributed by atoms with van der Waals surface area (Å²) < 4.78 is 30.1. The number of rotatable bonds is 8. The fourth-order valence-electron chi connectivity index (χ4n) is 2.35. The molecule has 2 rings (SSSR count). The molecule has 2 N–H and O–H groups in total. The number of amides is 2. The highest BCUT2D eigenvalue weighted by molar-refractivity contribution is 8.00. The molecule has 0 unspecified atom stereocenters. The van der Waals surface area contributed by atoms with Crippen LogP contribution >= 0.6 is 11.8 Å². The molecule has 1 fully saturated rings. The van der Waals surface area contributed by atoms with Gasteiger partial charge in [-0.15, -0.1) is 11.8 Å². The van der Waals surface area contributed by atoms with Crippen LogP contribution in [0.3, 0.4) is 0 Å². The standard InChI is InChI=1S/C16H23N3O5S2/c1-26(22,23)18-14-4-2-3-13(9-14)10-17-15(20)11-25-12-16(21)19-5-7-24-8-6-19/h2-4,9,18H,5-8,10-12H2,1H3,(H,17,20). The van der Waals surface area contributed by atoms with Crippen molar-refractivity contribution in [3.8, 4) is 0 Å². The van der Waals surface area contributed by atoms with E-state index in [0.29, 0.717) is 32.0 Å². The Morgan fingerprint density at radius 3 is 2.65 bits per heavy atom. The number of thioether (sulfide) groups is 1. The van der Waals surface area contributed by atoms with E-state index in [1.807, 2.05) is 0 Å². The summed E-state index contributed by atoms with van der Waals surface area (Å²) >= 11 is 1.27. The molecule has 1 heterocycles. The van der Waals surface area contributed by atoms with Gasteiger partial charge in [-0.1, -0.05) is 12.1 Å². The number of sulfonamides is 1. The van der Waals surface area contributed by atoms with Crippen molar-refractivity contribution in [3.05, 3.63) is 29.8 Å². The Morgan fingerprint density at radius 2 is 1.96 bits per heavy atom. The number of ether oxygens (including phenoxy) is 1. The molecule has 0 aromatic heterocycles. The molecule has 2 amide bonds. The largest absolute Gasteiger partial charge is 0.378 e. The highest BCUT2D eigenvalue weighted by Gasteiger charge is 2.16. The molecule has 1 aliphatic heterocycles. The molecule has 26 heavy (non-hydrogen) atoms. The van der Waals surface area contributed by atoms with Gasteiger partial charge in [0.2, 0.25) is 21.8 Å². The van der Waals surface area contributed by atoms with Gasteiger partial charge in [-0.2, -0.15) is 0 Å². The smallest absolute Gasteiger partial charge is 0.232 e. The van der Waals surface area contributed by atoms with Gasteiger partial charge in [0, 0.05) is 25.3 Å². The second-order valence-corrected chi connectivity index (χ2v) is 8.57. The number of nitrogens with zero attached hydrogens (tertiary/aromatic N) is 1. The van der Waals surface area contributed by atoms with Gasteiger partial charge in [-0.05, 0) is 17.7 Å². The van der Waals surface area contributed by atoms with E-state index < -0.39 is 10.0 Å². The summed E-state index contributed by atoms with van der Waals surface area (Å²) in [6, 6.07) is 6.81. The molecule has 0 bridgehead atoms. The number of carbonyl (C=O) groups is 2. The molecular formula is C16H23N3O5S2. The van der Waals surface area contributed by atoms with Crippen LogP contribution in [0, 0.1) is 0 Å². The number of morpholine rings is 1. The first-order chi connectivity index (χ1) is 12.3. The first kappa shape index (κ1) is 20.5. The molecule has 1 aliphatic rings. The van der Waals surface area contributed by atoms with E-state index in [0.717, 1.165) is 11.8 Å². The van der Waals surface area contributed by atoms with Crippen LogP contribution in [0.1, 0.15) is 5.56 Å². The van der Waals surface area contributed by atoms with E-state index in [-0.39, 0.29) is 29.9 Å². The molecule has 0 radical (unpaired) electrons. The number of carbonyl (C=O) groups excluding carboxylic acids is 2. The molecule has 1 aromatic carbocycles. The van der Waals surface area contributed by atoms with Gasteiger partial charge < -0.3 is 15.0 Å². The highest BCUT2D eigenvalue weighted by atomic mass is 32.2. The van der Waals surface area contributed by atoms with Crippen molar-refractivity contribution >= 4 is 39.3 Å². The van der Waals surface area contributed by atoms with Gasteiger partial charge in [-0.3, -0.25) is 14.3 Å². The highest BCUT2D eigenvalue weighted by Crippen LogP contribution is 2.12. The summed E-state index contributed by atoms with van der Waals surface area (Å²) in [5, 5.41) is 2.76. The quantitative estimate of drug-likeness (QED) is 0.648. The average Bonchev–Trinajstić information content (AvgIpc) is 2.59. The van der Waals surface area contributed by atoms with Gasteiger partial charge in [0.05, 0.1) is 31.0 Å². The van der Waals surface area contributed by atoms with E-state index in [9.17, 15) is 18.0 Å². The van der Waals surface area contributed by atoms with E-state index in [1.54, 1.807) is 29.2 Å². The van der Waals surface area contributed by atoms with Crippen molar-refractivity contribution in [3.63, 3.8) is 0 Å². The minimum absolute atomic E-state index is 0.0191. The lowest BCUT2D eigenvalue weighted by Crippen LogP contribution is -2.41. The minimum atomic E-state index is -3.34. The molecule has 0 spiro atoms. The van der Waals surface area contributed by atoms with E-state index >= 15 is 0 Å².